The molecule has 0 aromatic carbocycles. The molecule has 1 aromatic rings. The number of halogens is 2. The van der Waals surface area contributed by atoms with Gasteiger partial charge in [-0.1, -0.05) is 25.4 Å². The fourth-order valence-electron chi connectivity index (χ4n) is 1.16. The van der Waals surface area contributed by atoms with E-state index in [1.54, 1.807) is 0 Å². The molecule has 1 unspecified atom stereocenters. The molecule has 0 saturated carbocycles. The molecule has 0 aliphatic rings. The van der Waals surface area contributed by atoms with Crippen LogP contribution in [0.2, 0.25) is 10.4 Å². The van der Waals surface area contributed by atoms with E-state index >= 15 is 0 Å². The number of nitrogens with one attached hydrogen (secondary N) is 1. The van der Waals surface area contributed by atoms with E-state index in [-0.39, 0.29) is 22.2 Å². The number of hydrogen-bond donors (Lipinski definition) is 1. The average molecular weight is 279 g/mol. The minimum Gasteiger partial charge on any atom is -0.467 e. The van der Waals surface area contributed by atoms with Crippen LogP contribution in [0, 0.1) is 5.92 Å². The summed E-state index contributed by atoms with van der Waals surface area (Å²) < 4.78 is 4.67. The molecular weight excluding hydrogens is 267 g/mol. The highest BCUT2D eigenvalue weighted by Crippen LogP contribution is 2.19. The molecule has 1 atom stereocenters. The van der Waals surface area contributed by atoms with Gasteiger partial charge >= 0.3 is 5.97 Å². The van der Waals surface area contributed by atoms with Gasteiger partial charge in [0.15, 0.2) is 11.0 Å². The number of nitrogens with zero attached hydrogens (tertiary/aromatic N) is 3. The summed E-state index contributed by atoms with van der Waals surface area (Å²) in [4.78, 5) is 15.4. The molecule has 0 fully saturated rings. The summed E-state index contributed by atoms with van der Waals surface area (Å²) in [6.45, 7) is 3.72. The van der Waals surface area contributed by atoms with Crippen LogP contribution in [0.15, 0.2) is 0 Å². The Morgan fingerprint density at radius 1 is 1.35 bits per heavy atom. The summed E-state index contributed by atoms with van der Waals surface area (Å²) >= 11 is 11.4. The van der Waals surface area contributed by atoms with Crippen molar-refractivity contribution in [3.05, 3.63) is 10.4 Å². The summed E-state index contributed by atoms with van der Waals surface area (Å²) in [7, 11) is 1.31. The first-order chi connectivity index (χ1) is 7.95. The van der Waals surface area contributed by atoms with Gasteiger partial charge in [0, 0.05) is 0 Å². The number of aromatic nitrogens is 3. The monoisotopic (exact) mass is 278 g/mol. The largest absolute Gasteiger partial charge is 0.467 e. The van der Waals surface area contributed by atoms with Gasteiger partial charge in [0.1, 0.15) is 6.04 Å². The van der Waals surface area contributed by atoms with Crippen molar-refractivity contribution in [2.45, 2.75) is 19.9 Å². The molecule has 0 aliphatic heterocycles. The Hall–Kier alpha value is -1.14. The van der Waals surface area contributed by atoms with Crippen molar-refractivity contribution >= 4 is 35.0 Å². The van der Waals surface area contributed by atoms with Gasteiger partial charge in [-0.3, -0.25) is 0 Å². The average Bonchev–Trinajstić information content (AvgIpc) is 2.28. The highest BCUT2D eigenvalue weighted by atomic mass is 35.5. The molecule has 6 nitrogen and oxygen atoms in total. The first kappa shape index (κ1) is 13.9. The summed E-state index contributed by atoms with van der Waals surface area (Å²) in [6.07, 6.45) is 0. The van der Waals surface area contributed by atoms with E-state index in [2.05, 4.69) is 25.2 Å². The minimum absolute atomic E-state index is 0.00717. The topological polar surface area (TPSA) is 77.0 Å². The summed E-state index contributed by atoms with van der Waals surface area (Å²) in [5, 5.41) is 9.88. The molecule has 8 heteroatoms. The quantitative estimate of drug-likeness (QED) is 0.847. The van der Waals surface area contributed by atoms with Gasteiger partial charge in [-0.05, 0) is 17.5 Å². The van der Waals surface area contributed by atoms with E-state index in [0.29, 0.717) is 0 Å². The molecule has 1 aromatic heterocycles. The Morgan fingerprint density at radius 2 is 2.00 bits per heavy atom. The van der Waals surface area contributed by atoms with Crippen LogP contribution in [0.25, 0.3) is 0 Å². The molecule has 0 bridgehead atoms. The van der Waals surface area contributed by atoms with E-state index in [1.165, 1.54) is 7.11 Å². The molecule has 0 aliphatic carbocycles. The van der Waals surface area contributed by atoms with Gasteiger partial charge in [0.25, 0.3) is 0 Å². The second-order valence-electron chi connectivity index (χ2n) is 3.61. The van der Waals surface area contributed by atoms with Crippen LogP contribution in [0.1, 0.15) is 13.8 Å². The fraction of sp³-hybridized carbons (Fsp3) is 0.556. The van der Waals surface area contributed by atoms with Gasteiger partial charge in [-0.2, -0.15) is 4.98 Å². The zero-order valence-corrected chi connectivity index (χ0v) is 11.1. The predicted molar refractivity (Wildman–Crippen MR) is 64.1 cm³/mol. The Bertz CT molecular complexity index is 414. The summed E-state index contributed by atoms with van der Waals surface area (Å²) in [5.41, 5.74) is 0. The van der Waals surface area contributed by atoms with Crippen molar-refractivity contribution in [3.8, 4) is 0 Å². The van der Waals surface area contributed by atoms with Crippen molar-refractivity contribution < 1.29 is 9.53 Å². The molecule has 17 heavy (non-hydrogen) atoms. The van der Waals surface area contributed by atoms with Crippen molar-refractivity contribution in [3.63, 3.8) is 0 Å². The van der Waals surface area contributed by atoms with Crippen LogP contribution in [-0.4, -0.2) is 34.3 Å². The zero-order valence-electron chi connectivity index (χ0n) is 9.57. The lowest BCUT2D eigenvalue weighted by Gasteiger charge is -2.20. The third kappa shape index (κ3) is 3.67. The lowest BCUT2D eigenvalue weighted by atomic mass is 10.1. The number of anilines is 1. The number of rotatable bonds is 4. The first-order valence-electron chi connectivity index (χ1n) is 4.85. The van der Waals surface area contributed by atoms with E-state index in [9.17, 15) is 4.79 Å². The van der Waals surface area contributed by atoms with Crippen LogP contribution in [0.5, 0.6) is 0 Å². The highest BCUT2D eigenvalue weighted by molar-refractivity contribution is 6.32. The Balaban J connectivity index is 2.93. The van der Waals surface area contributed by atoms with Crippen molar-refractivity contribution in [2.24, 2.45) is 5.92 Å². The Morgan fingerprint density at radius 3 is 2.53 bits per heavy atom. The lowest BCUT2D eigenvalue weighted by Crippen LogP contribution is -2.36. The minimum atomic E-state index is -0.578. The Kier molecular flexibility index (Phi) is 4.89. The van der Waals surface area contributed by atoms with Crippen LogP contribution in [-0.2, 0) is 9.53 Å². The van der Waals surface area contributed by atoms with Gasteiger partial charge in [-0.15, -0.1) is 10.2 Å². The molecule has 1 N–H and O–H groups in total. The third-order valence-electron chi connectivity index (χ3n) is 2.03. The normalized spacial score (nSPS) is 12.4. The number of methoxy groups -OCH3 is 1. The van der Waals surface area contributed by atoms with Crippen molar-refractivity contribution in [1.29, 1.82) is 0 Å². The number of carbonyl (C=O) groups is 1. The molecule has 1 rings (SSSR count). The van der Waals surface area contributed by atoms with Gasteiger partial charge in [0.05, 0.1) is 7.11 Å². The number of carbonyl (C=O) groups excluding carboxylic acids is 1. The molecule has 1 heterocycles. The summed E-state index contributed by atoms with van der Waals surface area (Å²) in [6, 6.07) is -0.578. The molecular formula is C9H12Cl2N4O2. The van der Waals surface area contributed by atoms with Crippen LogP contribution in [0.3, 0.4) is 0 Å². The maximum Gasteiger partial charge on any atom is 0.328 e. The molecule has 0 amide bonds. The van der Waals surface area contributed by atoms with Crippen LogP contribution in [0.4, 0.5) is 5.82 Å². The van der Waals surface area contributed by atoms with Crippen molar-refractivity contribution in [2.75, 3.05) is 12.4 Å². The van der Waals surface area contributed by atoms with E-state index in [4.69, 9.17) is 23.2 Å². The van der Waals surface area contributed by atoms with Gasteiger partial charge in [-0.25, -0.2) is 4.79 Å². The van der Waals surface area contributed by atoms with Crippen LogP contribution < -0.4 is 5.32 Å². The number of ether oxygens (including phenoxy) is 1. The standard InChI is InChI=1S/C9H12Cl2N4O2/c1-4(2)5(8(16)17-3)12-7-6(10)14-15-9(11)13-7/h4-5H,1-3H3,(H,12,13,15). The second-order valence-corrected chi connectivity index (χ2v) is 4.31. The number of hydrogen-bond acceptors (Lipinski definition) is 6. The first-order valence-corrected chi connectivity index (χ1v) is 5.61. The highest BCUT2D eigenvalue weighted by Gasteiger charge is 2.24. The van der Waals surface area contributed by atoms with Crippen LogP contribution >= 0.6 is 23.2 Å². The van der Waals surface area contributed by atoms with Gasteiger partial charge < -0.3 is 10.1 Å². The van der Waals surface area contributed by atoms with E-state index in [1.807, 2.05) is 13.8 Å². The Labute approximate surface area is 109 Å². The molecule has 94 valence electrons. The maximum absolute atomic E-state index is 11.5. The van der Waals surface area contributed by atoms with Gasteiger partial charge in [0.2, 0.25) is 5.28 Å². The van der Waals surface area contributed by atoms with E-state index in [0.717, 1.165) is 0 Å². The summed E-state index contributed by atoms with van der Waals surface area (Å²) in [5.74, 6) is -0.214. The van der Waals surface area contributed by atoms with Crippen molar-refractivity contribution in [1.82, 2.24) is 15.2 Å². The fourth-order valence-corrected chi connectivity index (χ4v) is 1.41. The SMILES string of the molecule is COC(=O)C(Nc1nc(Cl)nnc1Cl)C(C)C. The maximum atomic E-state index is 11.5. The number of esters is 1. The second kappa shape index (κ2) is 5.97. The third-order valence-corrected chi connectivity index (χ3v) is 2.45. The predicted octanol–water partition coefficient (Wildman–Crippen LogP) is 1.79. The molecule has 0 saturated heterocycles. The smallest absolute Gasteiger partial charge is 0.328 e. The van der Waals surface area contributed by atoms with E-state index < -0.39 is 12.0 Å². The molecule has 0 spiro atoms. The zero-order chi connectivity index (χ0) is 13.0. The lowest BCUT2D eigenvalue weighted by molar-refractivity contribution is -0.142. The molecule has 0 radical (unpaired) electrons.